The van der Waals surface area contributed by atoms with Crippen LogP contribution < -0.4 is 16.0 Å². The van der Waals surface area contributed by atoms with E-state index in [0.29, 0.717) is 31.8 Å². The van der Waals surface area contributed by atoms with E-state index in [1.54, 1.807) is 16.2 Å². The van der Waals surface area contributed by atoms with Crippen molar-refractivity contribution in [2.24, 2.45) is 0 Å². The number of carboxylic acid groups (broad SMARTS) is 1. The predicted molar refractivity (Wildman–Crippen MR) is 188 cm³/mol. The molecule has 1 saturated heterocycles. The molecule has 0 unspecified atom stereocenters. The van der Waals surface area contributed by atoms with Crippen molar-refractivity contribution in [3.8, 4) is 0 Å². The SMILES string of the molecule is CC(C)c1ncc(CN(C)C(=O)N[C@@H](CCN2CCOCC2)CN[C@H](CC[C@H](Cc2ccccc2)NC(=O)O)Cc2ccccc2)s1. The minimum atomic E-state index is -1.01. The molecule has 4 rings (SSSR count). The second kappa shape index (κ2) is 19.3. The first-order chi connectivity index (χ1) is 22.7. The number of carbonyl (C=O) groups excluding carboxylic acids is 1. The van der Waals surface area contributed by atoms with E-state index in [4.69, 9.17) is 4.74 Å². The van der Waals surface area contributed by atoms with Gasteiger partial charge in [0.1, 0.15) is 0 Å². The lowest BCUT2D eigenvalue weighted by molar-refractivity contribution is 0.0362. The summed E-state index contributed by atoms with van der Waals surface area (Å²) in [4.78, 5) is 34.8. The maximum absolute atomic E-state index is 13.5. The van der Waals surface area contributed by atoms with E-state index in [1.165, 1.54) is 5.56 Å². The zero-order valence-electron chi connectivity index (χ0n) is 28.1. The van der Waals surface area contributed by atoms with Crippen molar-refractivity contribution >= 4 is 23.5 Å². The van der Waals surface area contributed by atoms with Gasteiger partial charge in [0.05, 0.1) is 24.8 Å². The van der Waals surface area contributed by atoms with E-state index in [9.17, 15) is 14.7 Å². The van der Waals surface area contributed by atoms with E-state index < -0.39 is 6.09 Å². The average molecular weight is 665 g/mol. The molecule has 1 fully saturated rings. The van der Waals surface area contributed by atoms with Crippen molar-refractivity contribution in [2.45, 2.75) is 76.5 Å². The number of rotatable bonds is 18. The molecule has 256 valence electrons. The first-order valence-electron chi connectivity index (χ1n) is 16.8. The van der Waals surface area contributed by atoms with Gasteiger partial charge in [-0.25, -0.2) is 14.6 Å². The van der Waals surface area contributed by atoms with Gasteiger partial charge in [0.2, 0.25) is 0 Å². The Morgan fingerprint density at radius 3 is 2.13 bits per heavy atom. The molecule has 3 aromatic rings. The van der Waals surface area contributed by atoms with E-state index in [2.05, 4.69) is 51.8 Å². The minimum absolute atomic E-state index is 0.0870. The van der Waals surface area contributed by atoms with Crippen LogP contribution in [-0.2, 0) is 24.1 Å². The highest BCUT2D eigenvalue weighted by atomic mass is 32.1. The fraction of sp³-hybridized carbons (Fsp3) is 0.528. The molecule has 0 aliphatic carbocycles. The Hall–Kier alpha value is -3.51. The van der Waals surface area contributed by atoms with Crippen LogP contribution in [0.25, 0.3) is 0 Å². The second-order valence-electron chi connectivity index (χ2n) is 12.8. The minimum Gasteiger partial charge on any atom is -0.465 e. The van der Waals surface area contributed by atoms with Crippen LogP contribution >= 0.6 is 11.3 Å². The third kappa shape index (κ3) is 13.3. The summed E-state index contributed by atoms with van der Waals surface area (Å²) >= 11 is 1.66. The topological polar surface area (TPSA) is 119 Å². The lowest BCUT2D eigenvalue weighted by atomic mass is 9.96. The van der Waals surface area contributed by atoms with Crippen molar-refractivity contribution in [2.75, 3.05) is 46.4 Å². The number of carbonyl (C=O) groups is 2. The molecule has 1 aromatic heterocycles. The molecule has 2 heterocycles. The Bertz CT molecular complexity index is 1340. The molecule has 4 N–H and O–H groups in total. The highest BCUT2D eigenvalue weighted by molar-refractivity contribution is 7.11. The van der Waals surface area contributed by atoms with Crippen LogP contribution in [0.4, 0.5) is 9.59 Å². The summed E-state index contributed by atoms with van der Waals surface area (Å²) in [6, 6.07) is 20.1. The molecule has 1 aliphatic heterocycles. The van der Waals surface area contributed by atoms with Gasteiger partial charge in [-0.15, -0.1) is 11.3 Å². The van der Waals surface area contributed by atoms with Crippen LogP contribution in [0.2, 0.25) is 0 Å². The van der Waals surface area contributed by atoms with E-state index >= 15 is 0 Å². The number of morpholine rings is 1. The number of nitrogens with zero attached hydrogens (tertiary/aromatic N) is 3. The molecule has 1 aliphatic rings. The van der Waals surface area contributed by atoms with Gasteiger partial charge in [0, 0.05) is 68.3 Å². The molecule has 0 bridgehead atoms. The molecule has 3 atom stereocenters. The summed E-state index contributed by atoms with van der Waals surface area (Å²) in [6.07, 6.45) is 4.58. The molecule has 10 nitrogen and oxygen atoms in total. The summed E-state index contributed by atoms with van der Waals surface area (Å²) in [7, 11) is 1.83. The number of hydrogen-bond donors (Lipinski definition) is 4. The molecular formula is C36H52N6O4S. The Labute approximate surface area is 283 Å². The van der Waals surface area contributed by atoms with Crippen LogP contribution in [0.5, 0.6) is 0 Å². The van der Waals surface area contributed by atoms with E-state index in [-0.39, 0.29) is 24.2 Å². The number of aromatic nitrogens is 1. The molecule has 11 heteroatoms. The molecule has 0 saturated carbocycles. The van der Waals surface area contributed by atoms with Gasteiger partial charge in [0.25, 0.3) is 0 Å². The summed E-state index contributed by atoms with van der Waals surface area (Å²) in [6.45, 7) is 9.51. The number of ether oxygens (including phenoxy) is 1. The van der Waals surface area contributed by atoms with Crippen LogP contribution in [0.3, 0.4) is 0 Å². The fourth-order valence-corrected chi connectivity index (χ4v) is 6.80. The van der Waals surface area contributed by atoms with Crippen molar-refractivity contribution in [1.82, 2.24) is 30.7 Å². The molecular weight excluding hydrogens is 613 g/mol. The predicted octanol–water partition coefficient (Wildman–Crippen LogP) is 5.36. The first-order valence-corrected chi connectivity index (χ1v) is 17.6. The van der Waals surface area contributed by atoms with Gasteiger partial charge < -0.3 is 30.7 Å². The molecule has 0 spiro atoms. The van der Waals surface area contributed by atoms with Crippen molar-refractivity contribution < 1.29 is 19.4 Å². The van der Waals surface area contributed by atoms with Gasteiger partial charge in [-0.3, -0.25) is 4.90 Å². The number of benzene rings is 2. The van der Waals surface area contributed by atoms with Crippen LogP contribution in [0, 0.1) is 0 Å². The van der Waals surface area contributed by atoms with Crippen LogP contribution in [-0.4, -0.2) is 96.6 Å². The Morgan fingerprint density at radius 1 is 0.915 bits per heavy atom. The third-order valence-electron chi connectivity index (χ3n) is 8.52. The number of thiazole rings is 1. The van der Waals surface area contributed by atoms with Gasteiger partial charge in [-0.1, -0.05) is 74.5 Å². The molecule has 0 radical (unpaired) electrons. The van der Waals surface area contributed by atoms with Crippen molar-refractivity contribution in [1.29, 1.82) is 0 Å². The number of nitrogens with one attached hydrogen (secondary N) is 3. The number of hydrogen-bond acceptors (Lipinski definition) is 7. The highest BCUT2D eigenvalue weighted by Crippen LogP contribution is 2.22. The Morgan fingerprint density at radius 2 is 1.53 bits per heavy atom. The number of urea groups is 1. The second-order valence-corrected chi connectivity index (χ2v) is 13.9. The zero-order valence-corrected chi connectivity index (χ0v) is 28.9. The summed E-state index contributed by atoms with van der Waals surface area (Å²) in [5, 5.41) is 20.5. The molecule has 3 amide bonds. The number of amides is 3. The maximum atomic E-state index is 13.5. The Balaban J connectivity index is 1.42. The van der Waals surface area contributed by atoms with Crippen molar-refractivity contribution in [3.63, 3.8) is 0 Å². The monoisotopic (exact) mass is 664 g/mol. The zero-order chi connectivity index (χ0) is 33.4. The quantitative estimate of drug-likeness (QED) is 0.145. The summed E-state index contributed by atoms with van der Waals surface area (Å²) in [5.41, 5.74) is 2.32. The van der Waals surface area contributed by atoms with Crippen LogP contribution in [0.1, 0.15) is 60.0 Å². The van der Waals surface area contributed by atoms with Crippen molar-refractivity contribution in [3.05, 3.63) is 87.9 Å². The van der Waals surface area contributed by atoms with Gasteiger partial charge in [-0.05, 0) is 43.2 Å². The molecule has 2 aromatic carbocycles. The maximum Gasteiger partial charge on any atom is 0.404 e. The standard InChI is InChI=1S/C36H52N6O4S/c1-27(2)34-38-25-33(47-34)26-41(3)35(43)39-32(16-17-42-18-20-46-21-19-42)24-37-30(22-28-10-6-4-7-11-28)14-15-31(40-36(44)45)23-29-12-8-5-9-13-29/h4-13,25,27,30-32,37,40H,14-24,26H2,1-3H3,(H,39,43)(H,44,45)/t30-,31-,32+/m1/s1. The molecule has 47 heavy (non-hydrogen) atoms. The van der Waals surface area contributed by atoms with Crippen LogP contribution in [0.15, 0.2) is 66.9 Å². The summed E-state index contributed by atoms with van der Waals surface area (Å²) < 4.78 is 5.54. The average Bonchev–Trinajstić information content (AvgIpc) is 3.54. The normalized spacial score (nSPS) is 15.6. The third-order valence-corrected chi connectivity index (χ3v) is 9.81. The van der Waals surface area contributed by atoms with Gasteiger partial charge >= 0.3 is 12.1 Å². The highest BCUT2D eigenvalue weighted by Gasteiger charge is 2.22. The lowest BCUT2D eigenvalue weighted by Crippen LogP contribution is -2.50. The first kappa shape index (κ1) is 36.3. The van der Waals surface area contributed by atoms with E-state index in [0.717, 1.165) is 67.6 Å². The van der Waals surface area contributed by atoms with Gasteiger partial charge in [-0.2, -0.15) is 0 Å². The largest absolute Gasteiger partial charge is 0.465 e. The fourth-order valence-electron chi connectivity index (χ4n) is 5.83. The summed E-state index contributed by atoms with van der Waals surface area (Å²) in [5.74, 6) is 0.362. The Kier molecular flexibility index (Phi) is 15.0. The van der Waals surface area contributed by atoms with Gasteiger partial charge in [0.15, 0.2) is 0 Å². The lowest BCUT2D eigenvalue weighted by Gasteiger charge is -2.30. The van der Waals surface area contributed by atoms with E-state index in [1.807, 2.05) is 61.8 Å². The smallest absolute Gasteiger partial charge is 0.404 e.